The van der Waals surface area contributed by atoms with Gasteiger partial charge in [0.15, 0.2) is 10.9 Å². The molecule has 2 heterocycles. The van der Waals surface area contributed by atoms with Gasteiger partial charge < -0.3 is 0 Å². The fourth-order valence-corrected chi connectivity index (χ4v) is 6.64. The molecule has 1 aliphatic carbocycles. The van der Waals surface area contributed by atoms with Gasteiger partial charge >= 0.3 is 0 Å². The van der Waals surface area contributed by atoms with Crippen molar-refractivity contribution < 1.29 is 9.18 Å². The van der Waals surface area contributed by atoms with E-state index in [2.05, 4.69) is 0 Å². The minimum absolute atomic E-state index is 0.00172. The molecule has 0 unspecified atom stereocenters. The summed E-state index contributed by atoms with van der Waals surface area (Å²) in [7, 11) is 0. The number of benzene rings is 2. The fraction of sp³-hybridized carbons (Fsp3) is 0.296. The number of aromatic nitrogens is 2. The van der Waals surface area contributed by atoms with Gasteiger partial charge in [-0.25, -0.2) is 9.37 Å². The van der Waals surface area contributed by atoms with Crippen LogP contribution in [0, 0.1) is 12.7 Å². The molecule has 2 aromatic carbocycles. The van der Waals surface area contributed by atoms with Crippen LogP contribution in [0.4, 0.5) is 4.39 Å². The van der Waals surface area contributed by atoms with Crippen molar-refractivity contribution in [2.45, 2.75) is 50.6 Å². The molecule has 0 spiro atoms. The maximum Gasteiger partial charge on any atom is 0.267 e. The zero-order chi connectivity index (χ0) is 23.7. The van der Waals surface area contributed by atoms with Crippen molar-refractivity contribution in [3.63, 3.8) is 0 Å². The van der Waals surface area contributed by atoms with Gasteiger partial charge in [0.25, 0.3) is 5.56 Å². The molecule has 0 radical (unpaired) electrons. The molecule has 0 aliphatic heterocycles. The molecule has 0 saturated carbocycles. The third-order valence-electron chi connectivity index (χ3n) is 6.20. The molecule has 1 aliphatic rings. The van der Waals surface area contributed by atoms with Gasteiger partial charge in [-0.05, 0) is 81.0 Å². The van der Waals surface area contributed by atoms with E-state index in [9.17, 15) is 14.0 Å². The van der Waals surface area contributed by atoms with Crippen LogP contribution in [0.5, 0.6) is 0 Å². The first-order chi connectivity index (χ1) is 16.5. The molecule has 0 N–H and O–H groups in total. The lowest BCUT2D eigenvalue weighted by Gasteiger charge is -2.14. The van der Waals surface area contributed by atoms with Crippen LogP contribution in [0.25, 0.3) is 15.9 Å². The summed E-state index contributed by atoms with van der Waals surface area (Å²) in [5.74, 6) is 0.297. The number of halogens is 1. The lowest BCUT2D eigenvalue weighted by molar-refractivity contribution is 0.0982. The molecule has 0 atom stereocenters. The summed E-state index contributed by atoms with van der Waals surface area (Å²) in [5.41, 5.74) is 3.65. The Balaban J connectivity index is 1.43. The average molecular weight is 493 g/mol. The Kier molecular flexibility index (Phi) is 6.66. The summed E-state index contributed by atoms with van der Waals surface area (Å²) < 4.78 is 14.8. The smallest absolute Gasteiger partial charge is 0.267 e. The number of Topliss-reactive ketones (excluding diaryl/α,β-unsaturated/α-hetero) is 1. The Labute approximate surface area is 205 Å². The van der Waals surface area contributed by atoms with E-state index >= 15 is 0 Å². The fourth-order valence-electron chi connectivity index (χ4n) is 4.38. The second-order valence-corrected chi connectivity index (χ2v) is 10.8. The normalized spacial score (nSPS) is 13.2. The second kappa shape index (κ2) is 9.84. The van der Waals surface area contributed by atoms with Crippen LogP contribution in [-0.4, -0.2) is 21.1 Å². The number of aryl methyl sites for hydroxylation is 3. The summed E-state index contributed by atoms with van der Waals surface area (Å²) >= 11 is 3.16. The highest BCUT2D eigenvalue weighted by atomic mass is 32.2. The lowest BCUT2D eigenvalue weighted by atomic mass is 9.97. The van der Waals surface area contributed by atoms with Crippen molar-refractivity contribution >= 4 is 39.1 Å². The maximum atomic E-state index is 13.8. The molecule has 4 aromatic rings. The molecule has 174 valence electrons. The summed E-state index contributed by atoms with van der Waals surface area (Å²) in [6, 6.07) is 13.6. The highest BCUT2D eigenvalue weighted by molar-refractivity contribution is 7.99. The number of hydrogen-bond donors (Lipinski definition) is 0. The summed E-state index contributed by atoms with van der Waals surface area (Å²) in [5, 5.41) is 1.44. The van der Waals surface area contributed by atoms with Gasteiger partial charge in [-0.2, -0.15) is 0 Å². The van der Waals surface area contributed by atoms with E-state index in [0.717, 1.165) is 47.2 Å². The second-order valence-electron chi connectivity index (χ2n) is 8.64. The van der Waals surface area contributed by atoms with E-state index in [1.54, 1.807) is 15.9 Å². The van der Waals surface area contributed by atoms with E-state index in [4.69, 9.17) is 4.98 Å². The van der Waals surface area contributed by atoms with E-state index in [0.29, 0.717) is 29.3 Å². The molecule has 2 aromatic heterocycles. The van der Waals surface area contributed by atoms with Crippen LogP contribution in [0.1, 0.15) is 52.0 Å². The Morgan fingerprint density at radius 3 is 2.59 bits per heavy atom. The standard InChI is InChI=1S/C27H25FN2O2S2/c1-17-8-14-20(15-9-17)30-26(32)24-21-5-2-3-7-23(21)34-25(24)29-27(30)33-16-4-6-22(31)18-10-12-19(28)13-11-18/h8-15H,2-7,16H2,1H3. The zero-order valence-corrected chi connectivity index (χ0v) is 20.6. The van der Waals surface area contributed by atoms with Crippen LogP contribution in [0.15, 0.2) is 58.5 Å². The molecule has 7 heteroatoms. The van der Waals surface area contributed by atoms with Gasteiger partial charge in [0.2, 0.25) is 0 Å². The first-order valence-electron chi connectivity index (χ1n) is 11.6. The van der Waals surface area contributed by atoms with E-state index in [1.165, 1.54) is 46.5 Å². The summed E-state index contributed by atoms with van der Waals surface area (Å²) in [6.07, 6.45) is 5.25. The first kappa shape index (κ1) is 23.0. The van der Waals surface area contributed by atoms with E-state index in [1.807, 2.05) is 31.2 Å². The third-order valence-corrected chi connectivity index (χ3v) is 8.41. The topological polar surface area (TPSA) is 52.0 Å². The molecule has 5 rings (SSSR count). The number of fused-ring (bicyclic) bond motifs is 3. The highest BCUT2D eigenvalue weighted by Gasteiger charge is 2.23. The third kappa shape index (κ3) is 4.59. The average Bonchev–Trinajstić information content (AvgIpc) is 3.22. The largest absolute Gasteiger partial charge is 0.294 e. The van der Waals surface area contributed by atoms with Gasteiger partial charge in [-0.1, -0.05) is 29.5 Å². The molecule has 0 bridgehead atoms. The quantitative estimate of drug-likeness (QED) is 0.127. The van der Waals surface area contributed by atoms with Crippen LogP contribution < -0.4 is 5.56 Å². The minimum Gasteiger partial charge on any atom is -0.294 e. The first-order valence-corrected chi connectivity index (χ1v) is 13.4. The molecule has 4 nitrogen and oxygen atoms in total. The van der Waals surface area contributed by atoms with Crippen LogP contribution >= 0.6 is 23.1 Å². The molecular weight excluding hydrogens is 467 g/mol. The van der Waals surface area contributed by atoms with Crippen molar-refractivity contribution in [3.8, 4) is 5.69 Å². The number of hydrogen-bond acceptors (Lipinski definition) is 5. The molecule has 34 heavy (non-hydrogen) atoms. The molecule has 0 amide bonds. The Morgan fingerprint density at radius 2 is 1.82 bits per heavy atom. The van der Waals surface area contributed by atoms with Crippen LogP contribution in [-0.2, 0) is 12.8 Å². The Hall–Kier alpha value is -2.77. The van der Waals surface area contributed by atoms with Gasteiger partial charge in [0, 0.05) is 22.6 Å². The number of rotatable bonds is 7. The van der Waals surface area contributed by atoms with Crippen molar-refractivity contribution in [3.05, 3.63) is 86.3 Å². The van der Waals surface area contributed by atoms with Gasteiger partial charge in [-0.3, -0.25) is 14.2 Å². The van der Waals surface area contributed by atoms with Crippen LogP contribution in [0.3, 0.4) is 0 Å². The van der Waals surface area contributed by atoms with E-state index in [-0.39, 0.29) is 17.2 Å². The van der Waals surface area contributed by atoms with Gasteiger partial charge in [0.1, 0.15) is 10.6 Å². The molecular formula is C27H25FN2O2S2. The number of thioether (sulfide) groups is 1. The van der Waals surface area contributed by atoms with Gasteiger partial charge in [-0.15, -0.1) is 11.3 Å². The Morgan fingerprint density at radius 1 is 1.09 bits per heavy atom. The Bertz CT molecular complexity index is 1410. The zero-order valence-electron chi connectivity index (χ0n) is 19.0. The number of ketones is 1. The van der Waals surface area contributed by atoms with E-state index < -0.39 is 0 Å². The monoisotopic (exact) mass is 492 g/mol. The summed E-state index contributed by atoms with van der Waals surface area (Å²) in [4.78, 5) is 33.2. The van der Waals surface area contributed by atoms with Crippen LogP contribution in [0.2, 0.25) is 0 Å². The SMILES string of the molecule is Cc1ccc(-n2c(SCCCC(=O)c3ccc(F)cc3)nc3sc4c(c3c2=O)CCCC4)cc1. The number of carbonyl (C=O) groups is 1. The predicted octanol–water partition coefficient (Wildman–Crippen LogP) is 6.53. The highest BCUT2D eigenvalue weighted by Crippen LogP contribution is 2.35. The van der Waals surface area contributed by atoms with Crippen molar-refractivity contribution in [1.29, 1.82) is 0 Å². The molecule has 0 saturated heterocycles. The number of thiophene rings is 1. The van der Waals surface area contributed by atoms with Gasteiger partial charge in [0.05, 0.1) is 11.1 Å². The minimum atomic E-state index is -0.349. The van der Waals surface area contributed by atoms with Crippen molar-refractivity contribution in [2.24, 2.45) is 0 Å². The maximum absolute atomic E-state index is 13.8. The van der Waals surface area contributed by atoms with Crippen molar-refractivity contribution in [1.82, 2.24) is 9.55 Å². The predicted molar refractivity (Wildman–Crippen MR) is 137 cm³/mol. The lowest BCUT2D eigenvalue weighted by Crippen LogP contribution is -2.22. The number of carbonyl (C=O) groups excluding carboxylic acids is 1. The summed E-state index contributed by atoms with van der Waals surface area (Å²) in [6.45, 7) is 2.02. The number of nitrogens with zero attached hydrogens (tertiary/aromatic N) is 2. The van der Waals surface area contributed by atoms with Crippen molar-refractivity contribution in [2.75, 3.05) is 5.75 Å². The molecule has 0 fully saturated rings.